The molecule has 3 aromatic rings. The van der Waals surface area contributed by atoms with Gasteiger partial charge in [0.2, 0.25) is 5.89 Å². The zero-order valence-electron chi connectivity index (χ0n) is 15.3. The molecule has 1 aliphatic rings. The van der Waals surface area contributed by atoms with E-state index in [1.807, 2.05) is 19.1 Å². The van der Waals surface area contributed by atoms with Crippen molar-refractivity contribution in [2.24, 2.45) is 5.92 Å². The van der Waals surface area contributed by atoms with Crippen LogP contribution >= 0.6 is 0 Å². The standard InChI is InChI=1S/C19H22N6O2/c1-14-21-18(27-23-14)13-24-10-6-15(7-11-24)12-25-19(26)3-2-17(22-25)16-4-8-20-9-5-16/h2-5,8-9,15H,6-7,10-13H2,1H3. The molecule has 0 aromatic carbocycles. The summed E-state index contributed by atoms with van der Waals surface area (Å²) in [4.78, 5) is 22.8. The quantitative estimate of drug-likeness (QED) is 0.681. The number of piperidine rings is 1. The molecule has 140 valence electrons. The van der Waals surface area contributed by atoms with Crippen LogP contribution in [0.25, 0.3) is 11.3 Å². The smallest absolute Gasteiger partial charge is 0.266 e. The van der Waals surface area contributed by atoms with Gasteiger partial charge in [-0.2, -0.15) is 10.1 Å². The second-order valence-corrected chi connectivity index (χ2v) is 6.93. The zero-order valence-corrected chi connectivity index (χ0v) is 15.3. The number of hydrogen-bond donors (Lipinski definition) is 0. The van der Waals surface area contributed by atoms with Gasteiger partial charge >= 0.3 is 0 Å². The third-order valence-electron chi connectivity index (χ3n) is 4.91. The van der Waals surface area contributed by atoms with Gasteiger partial charge in [0, 0.05) is 30.6 Å². The van der Waals surface area contributed by atoms with Crippen molar-refractivity contribution in [1.82, 2.24) is 29.8 Å². The second-order valence-electron chi connectivity index (χ2n) is 6.93. The molecule has 0 radical (unpaired) electrons. The van der Waals surface area contributed by atoms with Crippen molar-refractivity contribution in [1.29, 1.82) is 0 Å². The summed E-state index contributed by atoms with van der Waals surface area (Å²) in [6.07, 6.45) is 5.49. The number of aryl methyl sites for hydroxylation is 1. The molecule has 0 bridgehead atoms. The molecule has 0 unspecified atom stereocenters. The van der Waals surface area contributed by atoms with E-state index in [9.17, 15) is 4.79 Å². The molecular weight excluding hydrogens is 344 g/mol. The van der Waals surface area contributed by atoms with Crippen molar-refractivity contribution < 1.29 is 4.52 Å². The second kappa shape index (κ2) is 7.79. The van der Waals surface area contributed by atoms with Crippen molar-refractivity contribution in [3.8, 4) is 11.3 Å². The van der Waals surface area contributed by atoms with E-state index >= 15 is 0 Å². The summed E-state index contributed by atoms with van der Waals surface area (Å²) in [6.45, 7) is 5.05. The lowest BCUT2D eigenvalue weighted by atomic mass is 9.97. The Morgan fingerprint density at radius 3 is 2.63 bits per heavy atom. The average molecular weight is 366 g/mol. The van der Waals surface area contributed by atoms with Crippen LogP contribution in [0.1, 0.15) is 24.6 Å². The zero-order chi connectivity index (χ0) is 18.6. The Balaban J connectivity index is 1.38. The first-order valence-corrected chi connectivity index (χ1v) is 9.17. The minimum atomic E-state index is -0.0587. The molecule has 4 heterocycles. The first-order chi connectivity index (χ1) is 13.2. The normalized spacial score (nSPS) is 15.9. The topological polar surface area (TPSA) is 89.9 Å². The molecule has 27 heavy (non-hydrogen) atoms. The van der Waals surface area contributed by atoms with Crippen LogP contribution in [0.4, 0.5) is 0 Å². The fourth-order valence-electron chi connectivity index (χ4n) is 3.42. The molecule has 4 rings (SSSR count). The highest BCUT2D eigenvalue weighted by Crippen LogP contribution is 2.20. The average Bonchev–Trinajstić information content (AvgIpc) is 3.10. The van der Waals surface area contributed by atoms with Gasteiger partial charge in [0.25, 0.3) is 5.56 Å². The fourth-order valence-corrected chi connectivity index (χ4v) is 3.42. The van der Waals surface area contributed by atoms with Crippen molar-refractivity contribution in [3.63, 3.8) is 0 Å². The van der Waals surface area contributed by atoms with E-state index < -0.39 is 0 Å². The summed E-state index contributed by atoms with van der Waals surface area (Å²) in [5, 5.41) is 8.39. The van der Waals surface area contributed by atoms with E-state index in [4.69, 9.17) is 4.52 Å². The molecule has 0 amide bonds. The van der Waals surface area contributed by atoms with Crippen LogP contribution in [0.5, 0.6) is 0 Å². The molecule has 1 saturated heterocycles. The van der Waals surface area contributed by atoms with E-state index in [2.05, 4.69) is 25.1 Å². The van der Waals surface area contributed by atoms with Gasteiger partial charge in [-0.15, -0.1) is 0 Å². The summed E-state index contributed by atoms with van der Waals surface area (Å²) in [6, 6.07) is 7.16. The SMILES string of the molecule is Cc1noc(CN2CCC(Cn3nc(-c4ccncc4)ccc3=O)CC2)n1. The Bertz CT molecular complexity index is 944. The van der Waals surface area contributed by atoms with Crippen molar-refractivity contribution in [2.45, 2.75) is 32.9 Å². The minimum Gasteiger partial charge on any atom is -0.338 e. The van der Waals surface area contributed by atoms with E-state index in [0.717, 1.165) is 37.2 Å². The molecule has 0 saturated carbocycles. The van der Waals surface area contributed by atoms with Gasteiger partial charge < -0.3 is 4.52 Å². The van der Waals surface area contributed by atoms with Gasteiger partial charge in [0.05, 0.1) is 12.2 Å². The highest BCUT2D eigenvalue weighted by Gasteiger charge is 2.22. The molecule has 0 spiro atoms. The Morgan fingerprint density at radius 2 is 1.93 bits per heavy atom. The lowest BCUT2D eigenvalue weighted by Crippen LogP contribution is -2.36. The lowest BCUT2D eigenvalue weighted by Gasteiger charge is -2.30. The maximum absolute atomic E-state index is 12.2. The number of hydrogen-bond acceptors (Lipinski definition) is 7. The molecule has 0 atom stereocenters. The van der Waals surface area contributed by atoms with Gasteiger partial charge in [-0.1, -0.05) is 5.16 Å². The summed E-state index contributed by atoms with van der Waals surface area (Å²) in [5.74, 6) is 1.76. The van der Waals surface area contributed by atoms with Crippen LogP contribution in [0, 0.1) is 12.8 Å². The van der Waals surface area contributed by atoms with Crippen LogP contribution in [-0.2, 0) is 13.1 Å². The molecule has 0 N–H and O–H groups in total. The van der Waals surface area contributed by atoms with Gasteiger partial charge in [0.1, 0.15) is 0 Å². The number of likely N-dealkylation sites (tertiary alicyclic amines) is 1. The monoisotopic (exact) mass is 366 g/mol. The van der Waals surface area contributed by atoms with Crippen LogP contribution < -0.4 is 5.56 Å². The largest absolute Gasteiger partial charge is 0.338 e. The Kier molecular flexibility index (Phi) is 5.06. The number of nitrogens with zero attached hydrogens (tertiary/aromatic N) is 6. The highest BCUT2D eigenvalue weighted by atomic mass is 16.5. The van der Waals surface area contributed by atoms with Crippen LogP contribution in [0.2, 0.25) is 0 Å². The van der Waals surface area contributed by atoms with Crippen molar-refractivity contribution in [2.75, 3.05) is 13.1 Å². The van der Waals surface area contributed by atoms with E-state index in [1.165, 1.54) is 0 Å². The molecule has 1 aliphatic heterocycles. The third kappa shape index (κ3) is 4.28. The van der Waals surface area contributed by atoms with E-state index in [0.29, 0.717) is 30.7 Å². The maximum Gasteiger partial charge on any atom is 0.266 e. The summed E-state index contributed by atoms with van der Waals surface area (Å²) >= 11 is 0. The van der Waals surface area contributed by atoms with Crippen molar-refractivity contribution >= 4 is 0 Å². The van der Waals surface area contributed by atoms with E-state index in [1.54, 1.807) is 29.2 Å². The van der Waals surface area contributed by atoms with E-state index in [-0.39, 0.29) is 5.56 Å². The molecule has 3 aromatic heterocycles. The summed E-state index contributed by atoms with van der Waals surface area (Å²) < 4.78 is 6.79. The molecule has 8 nitrogen and oxygen atoms in total. The third-order valence-corrected chi connectivity index (χ3v) is 4.91. The van der Waals surface area contributed by atoms with Gasteiger partial charge in [-0.25, -0.2) is 4.68 Å². The fraction of sp³-hybridized carbons (Fsp3) is 0.421. The van der Waals surface area contributed by atoms with Crippen LogP contribution in [0.3, 0.4) is 0 Å². The van der Waals surface area contributed by atoms with Crippen molar-refractivity contribution in [3.05, 3.63) is 58.7 Å². The molecule has 8 heteroatoms. The molecule has 1 fully saturated rings. The summed E-state index contributed by atoms with van der Waals surface area (Å²) in [5.41, 5.74) is 1.70. The van der Waals surface area contributed by atoms with Gasteiger partial charge in [0.15, 0.2) is 5.82 Å². The minimum absolute atomic E-state index is 0.0587. The van der Waals surface area contributed by atoms with Gasteiger partial charge in [-0.3, -0.25) is 14.7 Å². The number of rotatable bonds is 5. The first kappa shape index (κ1) is 17.5. The predicted molar refractivity (Wildman–Crippen MR) is 98.8 cm³/mol. The molecular formula is C19H22N6O2. The highest BCUT2D eigenvalue weighted by molar-refractivity contribution is 5.56. The maximum atomic E-state index is 12.2. The summed E-state index contributed by atoms with van der Waals surface area (Å²) in [7, 11) is 0. The lowest BCUT2D eigenvalue weighted by molar-refractivity contribution is 0.148. The van der Waals surface area contributed by atoms with Crippen LogP contribution in [-0.4, -0.2) is 42.9 Å². The molecule has 0 aliphatic carbocycles. The Hall–Kier alpha value is -2.87. The predicted octanol–water partition coefficient (Wildman–Crippen LogP) is 1.91. The number of pyridine rings is 1. The Morgan fingerprint density at radius 1 is 1.15 bits per heavy atom. The van der Waals surface area contributed by atoms with Crippen LogP contribution in [0.15, 0.2) is 46.0 Å². The van der Waals surface area contributed by atoms with Gasteiger partial charge in [-0.05, 0) is 57.0 Å². The first-order valence-electron chi connectivity index (χ1n) is 9.17. The Labute approximate surface area is 156 Å². The number of aromatic nitrogens is 5.